The number of alkyl halides is 3. The van der Waals surface area contributed by atoms with Gasteiger partial charge in [-0.1, -0.05) is 18.2 Å². The Kier molecular flexibility index (Phi) is 8.38. The Hall–Kier alpha value is -3.43. The van der Waals surface area contributed by atoms with Crippen molar-refractivity contribution in [3.63, 3.8) is 0 Å². The van der Waals surface area contributed by atoms with Gasteiger partial charge in [-0.3, -0.25) is 9.59 Å². The maximum Gasteiger partial charge on any atom is 0.416 e. The molecule has 0 unspecified atom stereocenters. The molecule has 2 aromatic carbocycles. The van der Waals surface area contributed by atoms with Crippen LogP contribution in [0.1, 0.15) is 59.9 Å². The average molecular weight is 536 g/mol. The third-order valence-electron chi connectivity index (χ3n) is 7.23. The lowest BCUT2D eigenvalue weighted by atomic mass is 9.85. The molecule has 1 amide bonds. The molecule has 6 nitrogen and oxygen atoms in total. The van der Waals surface area contributed by atoms with Crippen molar-refractivity contribution in [2.45, 2.75) is 70.2 Å². The van der Waals surface area contributed by atoms with Gasteiger partial charge in [-0.2, -0.15) is 13.2 Å². The van der Waals surface area contributed by atoms with E-state index < -0.39 is 41.8 Å². The second-order valence-electron chi connectivity index (χ2n) is 10.1. The molecule has 4 rings (SSSR count). The summed E-state index contributed by atoms with van der Waals surface area (Å²) in [7, 11) is 0. The van der Waals surface area contributed by atoms with Gasteiger partial charge >= 0.3 is 18.2 Å². The van der Waals surface area contributed by atoms with Gasteiger partial charge in [0, 0.05) is 32.4 Å². The fourth-order valence-corrected chi connectivity index (χ4v) is 5.18. The molecule has 1 fully saturated rings. The second kappa shape index (κ2) is 11.5. The molecule has 2 aromatic rings. The van der Waals surface area contributed by atoms with E-state index in [4.69, 9.17) is 9.84 Å². The molecule has 0 bridgehead atoms. The van der Waals surface area contributed by atoms with Crippen molar-refractivity contribution in [2.75, 3.05) is 6.54 Å². The van der Waals surface area contributed by atoms with Crippen LogP contribution in [0.2, 0.25) is 0 Å². The van der Waals surface area contributed by atoms with E-state index >= 15 is 0 Å². The molecule has 1 heterocycles. The summed E-state index contributed by atoms with van der Waals surface area (Å²) in [5, 5.41) is 8.93. The predicted octanol–water partition coefficient (Wildman–Crippen LogP) is 5.73. The molecule has 2 aliphatic rings. The maximum atomic E-state index is 14.0. The first-order valence-corrected chi connectivity index (χ1v) is 12.6. The van der Waals surface area contributed by atoms with Crippen LogP contribution in [-0.4, -0.2) is 40.5 Å². The Bertz CT molecular complexity index is 1200. The van der Waals surface area contributed by atoms with E-state index in [0.717, 1.165) is 30.0 Å². The minimum atomic E-state index is -4.62. The number of carboxylic acid groups (broad SMARTS) is 1. The van der Waals surface area contributed by atoms with Crippen LogP contribution in [0.25, 0.3) is 0 Å². The molecule has 204 valence electrons. The molecule has 10 heteroatoms. The first-order chi connectivity index (χ1) is 18.0. The summed E-state index contributed by atoms with van der Waals surface area (Å²) >= 11 is 0. The Morgan fingerprint density at radius 3 is 2.39 bits per heavy atom. The van der Waals surface area contributed by atoms with Crippen LogP contribution in [0.15, 0.2) is 36.4 Å². The lowest BCUT2D eigenvalue weighted by molar-refractivity contribution is -0.139. The highest BCUT2D eigenvalue weighted by Crippen LogP contribution is 2.31. The lowest BCUT2D eigenvalue weighted by Crippen LogP contribution is -2.39. The summed E-state index contributed by atoms with van der Waals surface area (Å²) in [6.45, 7) is 0.791. The van der Waals surface area contributed by atoms with Gasteiger partial charge in [-0.15, -0.1) is 0 Å². The van der Waals surface area contributed by atoms with Crippen molar-refractivity contribution in [2.24, 2.45) is 5.92 Å². The van der Waals surface area contributed by atoms with E-state index in [-0.39, 0.29) is 30.4 Å². The number of halogens is 4. The second-order valence-corrected chi connectivity index (χ2v) is 10.1. The van der Waals surface area contributed by atoms with Crippen LogP contribution < -0.4 is 0 Å². The number of ether oxygens (including phenoxy) is 1. The molecule has 1 saturated carbocycles. The SMILES string of the molecule is O=C(O)CC1CCC(OC(=O)N2CCc3cc(CC(=O)Cc4cc(C(F)(F)F)ccc4F)ccc3C2)CC1. The molecule has 1 aliphatic carbocycles. The van der Waals surface area contributed by atoms with Crippen molar-refractivity contribution < 1.29 is 41.8 Å². The first-order valence-electron chi connectivity index (χ1n) is 12.6. The fourth-order valence-electron chi connectivity index (χ4n) is 5.18. The zero-order chi connectivity index (χ0) is 27.4. The van der Waals surface area contributed by atoms with E-state index in [1.165, 1.54) is 0 Å². The lowest BCUT2D eigenvalue weighted by Gasteiger charge is -2.32. The molecule has 0 radical (unpaired) electrons. The van der Waals surface area contributed by atoms with Gasteiger partial charge in [0.25, 0.3) is 0 Å². The monoisotopic (exact) mass is 535 g/mol. The van der Waals surface area contributed by atoms with Crippen molar-refractivity contribution in [3.05, 3.63) is 70.0 Å². The minimum Gasteiger partial charge on any atom is -0.481 e. The van der Waals surface area contributed by atoms with Crippen molar-refractivity contribution in [3.8, 4) is 0 Å². The quantitative estimate of drug-likeness (QED) is 0.458. The number of fused-ring (bicyclic) bond motifs is 1. The third kappa shape index (κ3) is 7.11. The normalized spacial score (nSPS) is 19.5. The van der Waals surface area contributed by atoms with E-state index in [9.17, 15) is 31.9 Å². The van der Waals surface area contributed by atoms with E-state index in [1.54, 1.807) is 11.0 Å². The summed E-state index contributed by atoms with van der Waals surface area (Å²) in [5.74, 6) is -1.94. The van der Waals surface area contributed by atoms with Gasteiger partial charge in [0.2, 0.25) is 0 Å². The first kappa shape index (κ1) is 27.6. The number of aliphatic carboxylic acids is 1. The molecule has 0 atom stereocenters. The molecule has 1 aliphatic heterocycles. The number of amides is 1. The van der Waals surface area contributed by atoms with Gasteiger partial charge in [0.15, 0.2) is 0 Å². The number of carboxylic acids is 1. The van der Waals surface area contributed by atoms with Crippen molar-refractivity contribution >= 4 is 17.8 Å². The van der Waals surface area contributed by atoms with E-state index in [0.29, 0.717) is 50.0 Å². The van der Waals surface area contributed by atoms with Crippen LogP contribution in [-0.2, 0) is 46.3 Å². The summed E-state index contributed by atoms with van der Waals surface area (Å²) in [4.78, 5) is 37.7. The molecule has 0 aromatic heterocycles. The van der Waals surface area contributed by atoms with E-state index in [2.05, 4.69) is 0 Å². The zero-order valence-electron chi connectivity index (χ0n) is 20.7. The van der Waals surface area contributed by atoms with Crippen LogP contribution in [0.4, 0.5) is 22.4 Å². The van der Waals surface area contributed by atoms with E-state index in [1.807, 2.05) is 12.1 Å². The summed E-state index contributed by atoms with van der Waals surface area (Å²) in [5.41, 5.74) is 1.28. The molecule has 0 saturated heterocycles. The summed E-state index contributed by atoms with van der Waals surface area (Å²) in [6, 6.07) is 7.46. The topological polar surface area (TPSA) is 83.9 Å². The number of benzene rings is 2. The Balaban J connectivity index is 1.30. The van der Waals surface area contributed by atoms with Gasteiger partial charge in [0.05, 0.1) is 5.56 Å². The van der Waals surface area contributed by atoms with Crippen LogP contribution >= 0.6 is 0 Å². The minimum absolute atomic E-state index is 0.0424. The number of hydrogen-bond acceptors (Lipinski definition) is 4. The van der Waals surface area contributed by atoms with Gasteiger partial charge in [-0.05, 0) is 78.5 Å². The molecule has 0 spiro atoms. The number of ketones is 1. The number of Topliss-reactive ketones (excluding diaryl/α,β-unsaturated/α-hetero) is 1. The molecular weight excluding hydrogens is 506 g/mol. The molecular formula is C28H29F4NO5. The largest absolute Gasteiger partial charge is 0.481 e. The Morgan fingerprint density at radius 1 is 0.974 bits per heavy atom. The fraction of sp³-hybridized carbons (Fsp3) is 0.464. The maximum absolute atomic E-state index is 14.0. The molecule has 1 N–H and O–H groups in total. The number of hydrogen-bond donors (Lipinski definition) is 1. The number of carbonyl (C=O) groups is 3. The zero-order valence-corrected chi connectivity index (χ0v) is 20.7. The molecule has 38 heavy (non-hydrogen) atoms. The van der Waals surface area contributed by atoms with Crippen LogP contribution in [0.3, 0.4) is 0 Å². The van der Waals surface area contributed by atoms with Gasteiger partial charge < -0.3 is 14.7 Å². The van der Waals surface area contributed by atoms with Crippen molar-refractivity contribution in [1.82, 2.24) is 4.90 Å². The Morgan fingerprint density at radius 2 is 1.71 bits per heavy atom. The van der Waals surface area contributed by atoms with Crippen LogP contribution in [0.5, 0.6) is 0 Å². The predicted molar refractivity (Wildman–Crippen MR) is 129 cm³/mol. The number of carbonyl (C=O) groups excluding carboxylic acids is 2. The highest BCUT2D eigenvalue weighted by atomic mass is 19.4. The standard InChI is InChI=1S/C28H29F4NO5/c29-25-8-5-22(28(30,31)32)14-21(25)15-23(34)12-18-1-4-20-16-33(10-9-19(20)11-18)27(37)38-24-6-2-17(3-7-24)13-26(35)36/h1,4-5,8,11,14,17,24H,2-3,6-7,9-10,12-13,15-16H2,(H,35,36). The number of rotatable bonds is 7. The van der Waals surface area contributed by atoms with Crippen LogP contribution in [0, 0.1) is 11.7 Å². The average Bonchev–Trinajstić information content (AvgIpc) is 2.85. The highest BCUT2D eigenvalue weighted by Gasteiger charge is 2.31. The highest BCUT2D eigenvalue weighted by molar-refractivity contribution is 5.83. The van der Waals surface area contributed by atoms with Crippen molar-refractivity contribution in [1.29, 1.82) is 0 Å². The van der Waals surface area contributed by atoms with Gasteiger partial charge in [-0.25, -0.2) is 9.18 Å². The third-order valence-corrected chi connectivity index (χ3v) is 7.23. The summed E-state index contributed by atoms with van der Waals surface area (Å²) < 4.78 is 58.5. The smallest absolute Gasteiger partial charge is 0.416 e. The number of nitrogens with zero attached hydrogens (tertiary/aromatic N) is 1. The van der Waals surface area contributed by atoms with Gasteiger partial charge in [0.1, 0.15) is 17.7 Å². The summed E-state index contributed by atoms with van der Waals surface area (Å²) in [6.07, 6.45) is -2.30. The Labute approximate surface area is 217 Å².